The molecule has 1 aliphatic rings. The fraction of sp³-hybridized carbons (Fsp3) is 0.650. The predicted molar refractivity (Wildman–Crippen MR) is 117 cm³/mol. The number of guanidine groups is 1. The standard InChI is InChI=1S/C20H33N3O.HI/c1-4-8-16(11-12-24)14-22-20(21-5-2)23-19-13-18(19)17-10-7-6-9-15(17)3;/h6-7,9-10,16,18-19,24H,4-5,8,11-14H2,1-3H3,(H2,21,22,23);1H. The van der Waals surface area contributed by atoms with Gasteiger partial charge in [-0.3, -0.25) is 4.99 Å². The van der Waals surface area contributed by atoms with E-state index in [0.29, 0.717) is 17.9 Å². The number of aryl methyl sites for hydroxylation is 1. The molecule has 3 unspecified atom stereocenters. The number of hydrogen-bond donors (Lipinski definition) is 3. The van der Waals surface area contributed by atoms with Gasteiger partial charge in [0.2, 0.25) is 0 Å². The molecular weight excluding hydrogens is 425 g/mol. The summed E-state index contributed by atoms with van der Waals surface area (Å²) in [5, 5.41) is 16.1. The van der Waals surface area contributed by atoms with Crippen molar-refractivity contribution in [2.45, 2.75) is 58.4 Å². The SMILES string of the molecule is CCCC(CCO)CN=C(NCC)NC1CC1c1ccccc1C.I. The second-order valence-electron chi connectivity index (χ2n) is 6.84. The Morgan fingerprint density at radius 3 is 2.68 bits per heavy atom. The molecule has 5 heteroatoms. The largest absolute Gasteiger partial charge is 0.396 e. The van der Waals surface area contributed by atoms with Crippen LogP contribution < -0.4 is 10.6 Å². The van der Waals surface area contributed by atoms with E-state index in [-0.39, 0.29) is 30.6 Å². The summed E-state index contributed by atoms with van der Waals surface area (Å²) < 4.78 is 0. The molecule has 3 atom stereocenters. The molecule has 3 N–H and O–H groups in total. The van der Waals surface area contributed by atoms with Gasteiger partial charge in [0.1, 0.15) is 0 Å². The summed E-state index contributed by atoms with van der Waals surface area (Å²) in [5.74, 6) is 1.98. The maximum absolute atomic E-state index is 9.19. The average molecular weight is 459 g/mol. The van der Waals surface area contributed by atoms with Crippen LogP contribution in [0.5, 0.6) is 0 Å². The van der Waals surface area contributed by atoms with Gasteiger partial charge in [0.25, 0.3) is 0 Å². The lowest BCUT2D eigenvalue weighted by Gasteiger charge is -2.15. The molecule has 1 aromatic carbocycles. The van der Waals surface area contributed by atoms with E-state index < -0.39 is 0 Å². The first-order chi connectivity index (χ1) is 11.7. The molecule has 2 rings (SSSR count). The fourth-order valence-electron chi connectivity index (χ4n) is 3.33. The van der Waals surface area contributed by atoms with Crippen molar-refractivity contribution in [3.8, 4) is 0 Å². The highest BCUT2D eigenvalue weighted by Crippen LogP contribution is 2.42. The van der Waals surface area contributed by atoms with Gasteiger partial charge < -0.3 is 15.7 Å². The number of benzene rings is 1. The number of hydrogen-bond acceptors (Lipinski definition) is 2. The maximum Gasteiger partial charge on any atom is 0.191 e. The number of aliphatic hydroxyl groups excluding tert-OH is 1. The Morgan fingerprint density at radius 2 is 2.04 bits per heavy atom. The van der Waals surface area contributed by atoms with E-state index in [2.05, 4.69) is 55.7 Å². The van der Waals surface area contributed by atoms with Crippen LogP contribution in [0.3, 0.4) is 0 Å². The molecule has 25 heavy (non-hydrogen) atoms. The van der Waals surface area contributed by atoms with Gasteiger partial charge in [-0.25, -0.2) is 0 Å². The number of rotatable bonds is 9. The second kappa shape index (κ2) is 11.7. The zero-order valence-electron chi connectivity index (χ0n) is 15.8. The minimum absolute atomic E-state index is 0. The van der Waals surface area contributed by atoms with Crippen molar-refractivity contribution in [2.24, 2.45) is 10.9 Å². The van der Waals surface area contributed by atoms with Crippen molar-refractivity contribution >= 4 is 29.9 Å². The maximum atomic E-state index is 9.19. The van der Waals surface area contributed by atoms with Crippen LogP contribution in [0.1, 0.15) is 56.6 Å². The highest BCUT2D eigenvalue weighted by atomic mass is 127. The third-order valence-corrected chi connectivity index (χ3v) is 4.79. The van der Waals surface area contributed by atoms with E-state index >= 15 is 0 Å². The molecule has 0 aromatic heterocycles. The van der Waals surface area contributed by atoms with Gasteiger partial charge >= 0.3 is 0 Å². The van der Waals surface area contributed by atoms with Crippen LogP contribution in [-0.4, -0.2) is 36.8 Å². The summed E-state index contributed by atoms with van der Waals surface area (Å²) in [6.07, 6.45) is 4.27. The van der Waals surface area contributed by atoms with Gasteiger partial charge in [-0.15, -0.1) is 24.0 Å². The quantitative estimate of drug-likeness (QED) is 0.299. The summed E-state index contributed by atoms with van der Waals surface area (Å²) in [5.41, 5.74) is 2.83. The molecular formula is C20H34IN3O. The topological polar surface area (TPSA) is 56.7 Å². The molecule has 4 nitrogen and oxygen atoms in total. The van der Waals surface area contributed by atoms with Crippen LogP contribution in [0.2, 0.25) is 0 Å². The van der Waals surface area contributed by atoms with Crippen LogP contribution in [0, 0.1) is 12.8 Å². The molecule has 1 saturated carbocycles. The lowest BCUT2D eigenvalue weighted by molar-refractivity contribution is 0.253. The number of nitrogens with zero attached hydrogens (tertiary/aromatic N) is 1. The van der Waals surface area contributed by atoms with Crippen molar-refractivity contribution in [2.75, 3.05) is 19.7 Å². The number of halogens is 1. The third-order valence-electron chi connectivity index (χ3n) is 4.79. The minimum atomic E-state index is 0. The molecule has 0 aliphatic heterocycles. The number of aliphatic hydroxyl groups is 1. The number of aliphatic imine (C=N–C) groups is 1. The van der Waals surface area contributed by atoms with Crippen LogP contribution in [0.4, 0.5) is 0 Å². The van der Waals surface area contributed by atoms with Gasteiger partial charge in [-0.1, -0.05) is 37.6 Å². The smallest absolute Gasteiger partial charge is 0.191 e. The van der Waals surface area contributed by atoms with E-state index in [0.717, 1.165) is 38.3 Å². The number of nitrogens with one attached hydrogen (secondary N) is 2. The van der Waals surface area contributed by atoms with Crippen LogP contribution in [-0.2, 0) is 0 Å². The normalized spacial score (nSPS) is 20.6. The van der Waals surface area contributed by atoms with Gasteiger partial charge in [-0.05, 0) is 50.2 Å². The Kier molecular flexibility index (Phi) is 10.4. The van der Waals surface area contributed by atoms with Gasteiger partial charge in [0.15, 0.2) is 5.96 Å². The van der Waals surface area contributed by atoms with E-state index in [4.69, 9.17) is 4.99 Å². The van der Waals surface area contributed by atoms with E-state index in [1.807, 2.05) is 0 Å². The van der Waals surface area contributed by atoms with Crippen LogP contribution in [0.25, 0.3) is 0 Å². The monoisotopic (exact) mass is 459 g/mol. The molecule has 0 heterocycles. The molecule has 0 amide bonds. The second-order valence-corrected chi connectivity index (χ2v) is 6.84. The fourth-order valence-corrected chi connectivity index (χ4v) is 3.33. The van der Waals surface area contributed by atoms with Gasteiger partial charge in [0, 0.05) is 31.7 Å². The van der Waals surface area contributed by atoms with E-state index in [1.165, 1.54) is 17.5 Å². The van der Waals surface area contributed by atoms with Crippen molar-refractivity contribution in [1.82, 2.24) is 10.6 Å². The Balaban J connectivity index is 0.00000312. The zero-order valence-corrected chi connectivity index (χ0v) is 18.1. The van der Waals surface area contributed by atoms with Crippen molar-refractivity contribution in [3.63, 3.8) is 0 Å². The minimum Gasteiger partial charge on any atom is -0.396 e. The lowest BCUT2D eigenvalue weighted by atomic mass is 10.0. The first-order valence-electron chi connectivity index (χ1n) is 9.40. The van der Waals surface area contributed by atoms with Crippen LogP contribution in [0.15, 0.2) is 29.3 Å². The molecule has 0 bridgehead atoms. The Labute approximate surface area is 169 Å². The highest BCUT2D eigenvalue weighted by molar-refractivity contribution is 14.0. The first-order valence-corrected chi connectivity index (χ1v) is 9.40. The third kappa shape index (κ3) is 7.13. The molecule has 1 aliphatic carbocycles. The van der Waals surface area contributed by atoms with Crippen molar-refractivity contribution < 1.29 is 5.11 Å². The molecule has 1 fully saturated rings. The first kappa shape index (κ1) is 22.2. The molecule has 0 saturated heterocycles. The zero-order chi connectivity index (χ0) is 17.4. The van der Waals surface area contributed by atoms with Crippen molar-refractivity contribution in [3.05, 3.63) is 35.4 Å². The molecule has 1 aromatic rings. The van der Waals surface area contributed by atoms with Gasteiger partial charge in [-0.2, -0.15) is 0 Å². The van der Waals surface area contributed by atoms with Crippen LogP contribution >= 0.6 is 24.0 Å². The predicted octanol–water partition coefficient (Wildman–Crippen LogP) is 3.82. The average Bonchev–Trinajstić information content (AvgIpc) is 3.32. The Morgan fingerprint density at radius 1 is 1.28 bits per heavy atom. The van der Waals surface area contributed by atoms with Crippen molar-refractivity contribution in [1.29, 1.82) is 0 Å². The highest BCUT2D eigenvalue weighted by Gasteiger charge is 2.39. The Bertz CT molecular complexity index is 529. The summed E-state index contributed by atoms with van der Waals surface area (Å²) >= 11 is 0. The summed E-state index contributed by atoms with van der Waals surface area (Å²) in [4.78, 5) is 4.77. The molecule has 0 spiro atoms. The molecule has 142 valence electrons. The Hall–Kier alpha value is -0.820. The summed E-state index contributed by atoms with van der Waals surface area (Å²) in [6, 6.07) is 9.13. The molecule has 0 radical (unpaired) electrons. The summed E-state index contributed by atoms with van der Waals surface area (Å²) in [7, 11) is 0. The van der Waals surface area contributed by atoms with E-state index in [9.17, 15) is 5.11 Å². The van der Waals surface area contributed by atoms with Gasteiger partial charge in [0.05, 0.1) is 0 Å². The van der Waals surface area contributed by atoms with E-state index in [1.54, 1.807) is 0 Å². The summed E-state index contributed by atoms with van der Waals surface area (Å²) in [6.45, 7) is 8.38. The lowest BCUT2D eigenvalue weighted by Crippen LogP contribution is -2.39.